The van der Waals surface area contributed by atoms with Gasteiger partial charge in [0.1, 0.15) is 5.75 Å². The lowest BCUT2D eigenvalue weighted by molar-refractivity contribution is 0.124. The Bertz CT molecular complexity index is 642. The zero-order chi connectivity index (χ0) is 16.2. The van der Waals surface area contributed by atoms with E-state index in [9.17, 15) is 5.11 Å². The largest absolute Gasteiger partial charge is 0.496 e. The Morgan fingerprint density at radius 2 is 2.26 bits per heavy atom. The average Bonchev–Trinajstić information content (AvgIpc) is 3.17. The van der Waals surface area contributed by atoms with E-state index in [-0.39, 0.29) is 6.10 Å². The summed E-state index contributed by atoms with van der Waals surface area (Å²) in [6.45, 7) is 3.46. The van der Waals surface area contributed by atoms with Crippen LogP contribution < -0.4 is 4.74 Å². The van der Waals surface area contributed by atoms with E-state index >= 15 is 0 Å². The third-order valence-corrected chi connectivity index (χ3v) is 4.27. The number of ether oxygens (including phenoxy) is 1. The molecule has 1 fully saturated rings. The lowest BCUT2D eigenvalue weighted by Crippen LogP contribution is -2.31. The van der Waals surface area contributed by atoms with Crippen LogP contribution in [-0.2, 0) is 6.54 Å². The predicted octanol–water partition coefficient (Wildman–Crippen LogP) is 2.48. The minimum atomic E-state index is -0.285. The van der Waals surface area contributed by atoms with E-state index in [0.717, 1.165) is 37.1 Å². The topological polar surface area (TPSA) is 71.6 Å². The van der Waals surface area contributed by atoms with Crippen molar-refractivity contribution in [3.05, 3.63) is 30.2 Å². The summed E-state index contributed by atoms with van der Waals surface area (Å²) in [5, 5.41) is 13.7. The van der Waals surface area contributed by atoms with Crippen LogP contribution in [0.25, 0.3) is 11.4 Å². The lowest BCUT2D eigenvalue weighted by Gasteiger charge is -2.23. The first-order valence-corrected chi connectivity index (χ1v) is 8.05. The number of para-hydroxylation sites is 1. The van der Waals surface area contributed by atoms with E-state index in [4.69, 9.17) is 9.26 Å². The van der Waals surface area contributed by atoms with Gasteiger partial charge in [-0.3, -0.25) is 4.90 Å². The summed E-state index contributed by atoms with van der Waals surface area (Å²) in [5.74, 6) is 1.88. The molecule has 6 nitrogen and oxygen atoms in total. The van der Waals surface area contributed by atoms with Crippen LogP contribution in [0, 0.1) is 0 Å². The minimum Gasteiger partial charge on any atom is -0.496 e. The van der Waals surface area contributed by atoms with Gasteiger partial charge in [-0.05, 0) is 44.9 Å². The maximum atomic E-state index is 9.62. The summed E-state index contributed by atoms with van der Waals surface area (Å²) < 4.78 is 10.8. The predicted molar refractivity (Wildman–Crippen MR) is 86.0 cm³/mol. The molecule has 0 aliphatic carbocycles. The standard InChI is InChI=1S/C17H23N3O3/c1-12(21)10-13-6-5-9-20(13)11-16-18-17(19-23-16)14-7-3-4-8-15(14)22-2/h3-4,7-8,12-13,21H,5-6,9-11H2,1-2H3. The molecule has 0 radical (unpaired) electrons. The van der Waals surface area contributed by atoms with Crippen LogP contribution >= 0.6 is 0 Å². The SMILES string of the molecule is COc1ccccc1-c1noc(CN2CCCC2CC(C)O)n1. The highest BCUT2D eigenvalue weighted by molar-refractivity contribution is 5.63. The smallest absolute Gasteiger partial charge is 0.241 e. The molecular weight excluding hydrogens is 294 g/mol. The van der Waals surface area contributed by atoms with E-state index in [0.29, 0.717) is 24.3 Å². The van der Waals surface area contributed by atoms with Gasteiger partial charge in [0.15, 0.2) is 0 Å². The van der Waals surface area contributed by atoms with E-state index in [1.54, 1.807) is 7.11 Å². The van der Waals surface area contributed by atoms with Crippen molar-refractivity contribution in [3.63, 3.8) is 0 Å². The Balaban J connectivity index is 1.72. The van der Waals surface area contributed by atoms with Crippen molar-refractivity contribution in [2.24, 2.45) is 0 Å². The monoisotopic (exact) mass is 317 g/mol. The molecule has 1 aliphatic heterocycles. The van der Waals surface area contributed by atoms with Gasteiger partial charge in [0.25, 0.3) is 0 Å². The van der Waals surface area contributed by atoms with Crippen molar-refractivity contribution in [1.82, 2.24) is 15.0 Å². The molecule has 0 saturated carbocycles. The molecule has 23 heavy (non-hydrogen) atoms. The van der Waals surface area contributed by atoms with Gasteiger partial charge in [-0.15, -0.1) is 0 Å². The summed E-state index contributed by atoms with van der Waals surface area (Å²) >= 11 is 0. The number of benzene rings is 1. The maximum absolute atomic E-state index is 9.62. The normalized spacial score (nSPS) is 19.9. The Morgan fingerprint density at radius 3 is 3.04 bits per heavy atom. The average molecular weight is 317 g/mol. The highest BCUT2D eigenvalue weighted by Gasteiger charge is 2.27. The molecule has 0 spiro atoms. The number of rotatable bonds is 6. The van der Waals surface area contributed by atoms with Crippen molar-refractivity contribution < 1.29 is 14.4 Å². The molecule has 124 valence electrons. The number of methoxy groups -OCH3 is 1. The third-order valence-electron chi connectivity index (χ3n) is 4.27. The molecule has 6 heteroatoms. The van der Waals surface area contributed by atoms with E-state index < -0.39 is 0 Å². The molecular formula is C17H23N3O3. The second-order valence-corrected chi connectivity index (χ2v) is 6.06. The number of hydrogen-bond acceptors (Lipinski definition) is 6. The molecule has 2 heterocycles. The molecule has 1 aromatic carbocycles. The Labute approximate surface area is 136 Å². The number of nitrogens with zero attached hydrogens (tertiary/aromatic N) is 3. The number of aliphatic hydroxyl groups is 1. The molecule has 0 bridgehead atoms. The molecule has 1 aromatic heterocycles. The van der Waals surface area contributed by atoms with Crippen molar-refractivity contribution in [3.8, 4) is 17.1 Å². The van der Waals surface area contributed by atoms with Gasteiger partial charge >= 0.3 is 0 Å². The molecule has 1 aliphatic rings. The fourth-order valence-electron chi connectivity index (χ4n) is 3.20. The van der Waals surface area contributed by atoms with E-state index in [1.807, 2.05) is 31.2 Å². The van der Waals surface area contributed by atoms with Crippen LogP contribution in [0.15, 0.2) is 28.8 Å². The second kappa shape index (κ2) is 7.10. The summed E-state index contributed by atoms with van der Waals surface area (Å²) in [5.41, 5.74) is 0.826. The molecule has 2 atom stereocenters. The number of hydrogen-bond donors (Lipinski definition) is 1. The summed E-state index contributed by atoms with van der Waals surface area (Å²) in [7, 11) is 1.63. The first-order valence-electron chi connectivity index (χ1n) is 8.05. The quantitative estimate of drug-likeness (QED) is 0.882. The molecule has 1 saturated heterocycles. The van der Waals surface area contributed by atoms with Crippen LogP contribution in [-0.4, -0.2) is 45.9 Å². The minimum absolute atomic E-state index is 0.285. The van der Waals surface area contributed by atoms with Crippen molar-refractivity contribution in [1.29, 1.82) is 0 Å². The van der Waals surface area contributed by atoms with Crippen molar-refractivity contribution >= 4 is 0 Å². The van der Waals surface area contributed by atoms with E-state index in [2.05, 4.69) is 15.0 Å². The fourth-order valence-corrected chi connectivity index (χ4v) is 3.20. The highest BCUT2D eigenvalue weighted by atomic mass is 16.5. The van der Waals surface area contributed by atoms with Crippen LogP contribution in [0.4, 0.5) is 0 Å². The zero-order valence-corrected chi connectivity index (χ0v) is 13.6. The maximum Gasteiger partial charge on any atom is 0.241 e. The molecule has 2 aromatic rings. The summed E-state index contributed by atoms with van der Waals surface area (Å²) in [4.78, 5) is 6.82. The van der Waals surface area contributed by atoms with Crippen LogP contribution in [0.1, 0.15) is 32.1 Å². The van der Waals surface area contributed by atoms with Gasteiger partial charge in [-0.1, -0.05) is 17.3 Å². The van der Waals surface area contributed by atoms with Gasteiger partial charge in [-0.2, -0.15) is 4.98 Å². The zero-order valence-electron chi connectivity index (χ0n) is 13.6. The van der Waals surface area contributed by atoms with Crippen LogP contribution in [0.3, 0.4) is 0 Å². The van der Waals surface area contributed by atoms with Gasteiger partial charge in [0, 0.05) is 6.04 Å². The van der Waals surface area contributed by atoms with Gasteiger partial charge in [-0.25, -0.2) is 0 Å². The molecule has 1 N–H and O–H groups in total. The Morgan fingerprint density at radius 1 is 1.43 bits per heavy atom. The number of aromatic nitrogens is 2. The van der Waals surface area contributed by atoms with Crippen molar-refractivity contribution in [2.45, 2.75) is 44.9 Å². The Hall–Kier alpha value is -1.92. The van der Waals surface area contributed by atoms with Crippen LogP contribution in [0.2, 0.25) is 0 Å². The first kappa shape index (κ1) is 16.0. The van der Waals surface area contributed by atoms with E-state index in [1.165, 1.54) is 0 Å². The lowest BCUT2D eigenvalue weighted by atomic mass is 10.1. The Kier molecular flexibility index (Phi) is 4.93. The van der Waals surface area contributed by atoms with Gasteiger partial charge in [0.2, 0.25) is 11.7 Å². The summed E-state index contributed by atoms with van der Waals surface area (Å²) in [6.07, 6.45) is 2.75. The van der Waals surface area contributed by atoms with Gasteiger partial charge in [0.05, 0.1) is 25.3 Å². The van der Waals surface area contributed by atoms with Gasteiger partial charge < -0.3 is 14.4 Å². The fraction of sp³-hybridized carbons (Fsp3) is 0.529. The number of likely N-dealkylation sites (tertiary alicyclic amines) is 1. The summed E-state index contributed by atoms with van der Waals surface area (Å²) in [6, 6.07) is 8.02. The van der Waals surface area contributed by atoms with Crippen molar-refractivity contribution in [2.75, 3.05) is 13.7 Å². The second-order valence-electron chi connectivity index (χ2n) is 6.06. The number of aliphatic hydroxyl groups excluding tert-OH is 1. The molecule has 0 amide bonds. The molecule has 2 unspecified atom stereocenters. The first-order chi connectivity index (χ1) is 11.2. The molecule has 3 rings (SSSR count). The van der Waals surface area contributed by atoms with Crippen LogP contribution in [0.5, 0.6) is 5.75 Å². The third kappa shape index (κ3) is 3.71. The highest BCUT2D eigenvalue weighted by Crippen LogP contribution is 2.28.